The maximum atomic E-state index is 11.1. The van der Waals surface area contributed by atoms with E-state index >= 15 is 0 Å². The maximum Gasteiger partial charge on any atom is 0.311 e. The fourth-order valence-electron chi connectivity index (χ4n) is 1.96. The summed E-state index contributed by atoms with van der Waals surface area (Å²) in [5, 5.41) is 11.1. The molecule has 0 saturated heterocycles. The third-order valence-corrected chi connectivity index (χ3v) is 2.59. The molecule has 0 unspecified atom stereocenters. The minimum Gasteiger partial charge on any atom is -0.481 e. The Morgan fingerprint density at radius 3 is 2.22 bits per heavy atom. The van der Waals surface area contributed by atoms with Crippen molar-refractivity contribution < 1.29 is 9.66 Å². The van der Waals surface area contributed by atoms with Gasteiger partial charge >= 0.3 is 5.69 Å². The molecule has 1 rings (SSSR count). The molecule has 0 aliphatic carbocycles. The lowest BCUT2D eigenvalue weighted by atomic mass is 10.2. The van der Waals surface area contributed by atoms with Gasteiger partial charge in [-0.25, -0.2) is 0 Å². The Hall–Kier alpha value is -1.85. The van der Waals surface area contributed by atoms with Crippen LogP contribution in [0.5, 0.6) is 5.88 Å². The molecule has 0 bridgehead atoms. The molecular formula is C12H19N3O3. The SMILES string of the molecule is COc1ccc([N+](=O)[O-])c(N(C(C)C)C(C)C)n1. The summed E-state index contributed by atoms with van der Waals surface area (Å²) in [7, 11) is 1.49. The van der Waals surface area contributed by atoms with Gasteiger partial charge in [-0.05, 0) is 27.7 Å². The van der Waals surface area contributed by atoms with Crippen LogP contribution in [-0.4, -0.2) is 29.1 Å². The third kappa shape index (κ3) is 2.88. The Morgan fingerprint density at radius 1 is 1.28 bits per heavy atom. The highest BCUT2D eigenvalue weighted by atomic mass is 16.6. The summed E-state index contributed by atoms with van der Waals surface area (Å²) in [6.45, 7) is 7.91. The molecule has 18 heavy (non-hydrogen) atoms. The topological polar surface area (TPSA) is 68.5 Å². The van der Waals surface area contributed by atoms with Crippen LogP contribution in [0.4, 0.5) is 11.5 Å². The second-order valence-electron chi connectivity index (χ2n) is 4.55. The van der Waals surface area contributed by atoms with Crippen LogP contribution < -0.4 is 9.64 Å². The number of hydrogen-bond donors (Lipinski definition) is 0. The summed E-state index contributed by atoms with van der Waals surface area (Å²) in [5.74, 6) is 0.728. The number of nitro groups is 1. The standard InChI is InChI=1S/C12H19N3O3/c1-8(2)14(9(3)4)12-10(15(16)17)6-7-11(13-12)18-5/h6-9H,1-5H3. The van der Waals surface area contributed by atoms with Crippen molar-refractivity contribution in [3.63, 3.8) is 0 Å². The minimum absolute atomic E-state index is 0.00167. The third-order valence-electron chi connectivity index (χ3n) is 2.59. The molecular weight excluding hydrogens is 234 g/mol. The summed E-state index contributed by atoms with van der Waals surface area (Å²) in [5.41, 5.74) is -0.00167. The lowest BCUT2D eigenvalue weighted by Crippen LogP contribution is -2.38. The van der Waals surface area contributed by atoms with Crippen LogP contribution in [0.15, 0.2) is 12.1 Å². The van der Waals surface area contributed by atoms with Crippen molar-refractivity contribution in [2.24, 2.45) is 0 Å². The molecule has 0 fully saturated rings. The summed E-state index contributed by atoms with van der Waals surface area (Å²) in [4.78, 5) is 16.8. The molecule has 0 aromatic carbocycles. The van der Waals surface area contributed by atoms with Crippen molar-refractivity contribution in [1.82, 2.24) is 4.98 Å². The Bertz CT molecular complexity index is 425. The molecule has 0 amide bonds. The maximum absolute atomic E-state index is 11.1. The zero-order valence-electron chi connectivity index (χ0n) is 11.4. The van der Waals surface area contributed by atoms with Gasteiger partial charge in [-0.3, -0.25) is 10.1 Å². The molecule has 1 aromatic heterocycles. The monoisotopic (exact) mass is 253 g/mol. The molecule has 0 aliphatic heterocycles. The predicted molar refractivity (Wildman–Crippen MR) is 70.2 cm³/mol. The van der Waals surface area contributed by atoms with Crippen LogP contribution >= 0.6 is 0 Å². The second kappa shape index (κ2) is 5.66. The van der Waals surface area contributed by atoms with Crippen molar-refractivity contribution in [1.29, 1.82) is 0 Å². The number of nitrogens with zero attached hydrogens (tertiary/aromatic N) is 3. The highest BCUT2D eigenvalue weighted by molar-refractivity contribution is 5.60. The molecule has 0 N–H and O–H groups in total. The molecule has 6 nitrogen and oxygen atoms in total. The molecule has 0 radical (unpaired) electrons. The smallest absolute Gasteiger partial charge is 0.311 e. The molecule has 0 atom stereocenters. The van der Waals surface area contributed by atoms with Gasteiger partial charge in [-0.15, -0.1) is 0 Å². The highest BCUT2D eigenvalue weighted by Crippen LogP contribution is 2.31. The zero-order chi connectivity index (χ0) is 13.9. The van der Waals surface area contributed by atoms with Gasteiger partial charge in [0.1, 0.15) is 0 Å². The van der Waals surface area contributed by atoms with Gasteiger partial charge in [0.05, 0.1) is 12.0 Å². The van der Waals surface area contributed by atoms with E-state index < -0.39 is 4.92 Å². The van der Waals surface area contributed by atoms with E-state index in [0.717, 1.165) is 0 Å². The number of ether oxygens (including phenoxy) is 1. The van der Waals surface area contributed by atoms with Crippen molar-refractivity contribution >= 4 is 11.5 Å². The summed E-state index contributed by atoms with van der Waals surface area (Å²) in [6.07, 6.45) is 0. The highest BCUT2D eigenvalue weighted by Gasteiger charge is 2.25. The Kier molecular flexibility index (Phi) is 4.47. The first kappa shape index (κ1) is 14.2. The lowest BCUT2D eigenvalue weighted by molar-refractivity contribution is -0.384. The molecule has 1 heterocycles. The van der Waals surface area contributed by atoms with Gasteiger partial charge in [0.2, 0.25) is 11.7 Å². The van der Waals surface area contributed by atoms with E-state index in [1.807, 2.05) is 32.6 Å². The molecule has 1 aromatic rings. The van der Waals surface area contributed by atoms with Crippen LogP contribution in [0, 0.1) is 10.1 Å². The second-order valence-corrected chi connectivity index (χ2v) is 4.55. The first-order valence-electron chi connectivity index (χ1n) is 5.86. The van der Waals surface area contributed by atoms with Crippen LogP contribution in [0.25, 0.3) is 0 Å². The summed E-state index contributed by atoms with van der Waals surface area (Å²) < 4.78 is 5.04. The number of hydrogen-bond acceptors (Lipinski definition) is 5. The quantitative estimate of drug-likeness (QED) is 0.596. The molecule has 0 spiro atoms. The Morgan fingerprint density at radius 2 is 1.83 bits per heavy atom. The number of aromatic nitrogens is 1. The van der Waals surface area contributed by atoms with Crippen molar-refractivity contribution in [3.8, 4) is 5.88 Å². The van der Waals surface area contributed by atoms with Gasteiger partial charge in [-0.2, -0.15) is 4.98 Å². The van der Waals surface area contributed by atoms with Gasteiger partial charge < -0.3 is 9.64 Å². The number of methoxy groups -OCH3 is 1. The van der Waals surface area contributed by atoms with E-state index in [-0.39, 0.29) is 17.8 Å². The van der Waals surface area contributed by atoms with E-state index in [4.69, 9.17) is 4.74 Å². The first-order chi connectivity index (χ1) is 8.38. The Balaban J connectivity index is 3.37. The van der Waals surface area contributed by atoms with E-state index in [1.54, 1.807) is 0 Å². The normalized spacial score (nSPS) is 10.8. The van der Waals surface area contributed by atoms with Gasteiger partial charge in [0, 0.05) is 24.2 Å². The molecule has 0 aliphatic rings. The van der Waals surface area contributed by atoms with E-state index in [9.17, 15) is 10.1 Å². The van der Waals surface area contributed by atoms with Crippen molar-refractivity contribution in [3.05, 3.63) is 22.2 Å². The van der Waals surface area contributed by atoms with Crippen LogP contribution in [-0.2, 0) is 0 Å². The molecule has 100 valence electrons. The number of anilines is 1. The molecule has 6 heteroatoms. The van der Waals surface area contributed by atoms with Crippen molar-refractivity contribution in [2.45, 2.75) is 39.8 Å². The summed E-state index contributed by atoms with van der Waals surface area (Å²) >= 11 is 0. The first-order valence-corrected chi connectivity index (χ1v) is 5.86. The van der Waals surface area contributed by atoms with E-state index in [0.29, 0.717) is 11.7 Å². The average Bonchev–Trinajstić information content (AvgIpc) is 2.27. The van der Waals surface area contributed by atoms with Crippen LogP contribution in [0.3, 0.4) is 0 Å². The number of rotatable bonds is 5. The largest absolute Gasteiger partial charge is 0.481 e. The van der Waals surface area contributed by atoms with Gasteiger partial charge in [-0.1, -0.05) is 0 Å². The van der Waals surface area contributed by atoms with Crippen molar-refractivity contribution in [2.75, 3.05) is 12.0 Å². The van der Waals surface area contributed by atoms with Gasteiger partial charge in [0.15, 0.2) is 0 Å². The average molecular weight is 253 g/mol. The van der Waals surface area contributed by atoms with Crippen LogP contribution in [0.1, 0.15) is 27.7 Å². The zero-order valence-corrected chi connectivity index (χ0v) is 11.4. The fourth-order valence-corrected chi connectivity index (χ4v) is 1.96. The minimum atomic E-state index is -0.417. The van der Waals surface area contributed by atoms with Gasteiger partial charge in [0.25, 0.3) is 0 Å². The lowest BCUT2D eigenvalue weighted by Gasteiger charge is -2.31. The Labute approximate surface area is 107 Å². The predicted octanol–water partition coefficient (Wildman–Crippen LogP) is 2.62. The fraction of sp³-hybridized carbons (Fsp3) is 0.583. The van der Waals surface area contributed by atoms with Crippen LogP contribution in [0.2, 0.25) is 0 Å². The summed E-state index contributed by atoms with van der Waals surface area (Å²) in [6, 6.07) is 3.16. The van der Waals surface area contributed by atoms with E-state index in [1.165, 1.54) is 19.2 Å². The van der Waals surface area contributed by atoms with E-state index in [2.05, 4.69) is 4.98 Å². The number of pyridine rings is 1. The molecule has 0 saturated carbocycles.